The topological polar surface area (TPSA) is 39.4 Å². The molecule has 1 aromatic carbocycles. The second-order valence-electron chi connectivity index (χ2n) is 2.63. The number of hydrogen-bond donors (Lipinski definition) is 0. The lowest BCUT2D eigenvalue weighted by Crippen LogP contribution is -1.99. The highest BCUT2D eigenvalue weighted by Gasteiger charge is 2.06. The van der Waals surface area contributed by atoms with Crippen molar-refractivity contribution < 1.29 is 13.9 Å². The predicted molar refractivity (Wildman–Crippen MR) is 46.4 cm³/mol. The molecular formula is C10H7O3. The number of esters is 1. The largest absolute Gasteiger partial charge is 0.465 e. The summed E-state index contributed by atoms with van der Waals surface area (Å²) in [7, 11) is 1.36. The van der Waals surface area contributed by atoms with Gasteiger partial charge in [0.25, 0.3) is 0 Å². The molecule has 2 aromatic rings. The van der Waals surface area contributed by atoms with E-state index in [9.17, 15) is 4.79 Å². The fourth-order valence-corrected chi connectivity index (χ4v) is 1.15. The molecule has 1 aromatic heterocycles. The highest BCUT2D eigenvalue weighted by Crippen LogP contribution is 2.16. The average molecular weight is 175 g/mol. The van der Waals surface area contributed by atoms with Crippen molar-refractivity contribution in [1.29, 1.82) is 0 Å². The number of rotatable bonds is 1. The minimum atomic E-state index is -0.344. The summed E-state index contributed by atoms with van der Waals surface area (Å²) in [5.41, 5.74) is 0.518. The third-order valence-corrected chi connectivity index (χ3v) is 1.83. The number of hydrogen-bond acceptors (Lipinski definition) is 3. The van der Waals surface area contributed by atoms with Crippen LogP contribution in [0.15, 0.2) is 28.9 Å². The quantitative estimate of drug-likeness (QED) is 0.622. The predicted octanol–water partition coefficient (Wildman–Crippen LogP) is 2.02. The Kier molecular flexibility index (Phi) is 1.77. The molecule has 0 N–H and O–H groups in total. The fraction of sp³-hybridized carbons (Fsp3) is 0.100. The Balaban J connectivity index is 2.54. The maximum absolute atomic E-state index is 11.1. The molecule has 3 nitrogen and oxygen atoms in total. The monoisotopic (exact) mass is 175 g/mol. The van der Waals surface area contributed by atoms with Crippen LogP contribution in [0.1, 0.15) is 10.4 Å². The van der Waals surface area contributed by atoms with Crippen molar-refractivity contribution in [2.24, 2.45) is 0 Å². The molecule has 0 aliphatic rings. The zero-order chi connectivity index (χ0) is 9.26. The van der Waals surface area contributed by atoms with Crippen LogP contribution in [0, 0.1) is 6.26 Å². The second kappa shape index (κ2) is 2.94. The molecular weight excluding hydrogens is 168 g/mol. The van der Waals surface area contributed by atoms with Crippen LogP contribution in [0.25, 0.3) is 10.8 Å². The number of ether oxygens (including phenoxy) is 1. The molecule has 0 fully saturated rings. The molecule has 0 bridgehead atoms. The van der Waals surface area contributed by atoms with Crippen LogP contribution < -0.4 is 0 Å². The molecule has 1 heterocycles. The van der Waals surface area contributed by atoms with Crippen molar-refractivity contribution in [2.45, 2.75) is 0 Å². The molecule has 0 aliphatic carbocycles. The average Bonchev–Trinajstić information content (AvgIpc) is 2.63. The maximum Gasteiger partial charge on any atom is 0.337 e. The van der Waals surface area contributed by atoms with Gasteiger partial charge in [0.2, 0.25) is 0 Å². The van der Waals surface area contributed by atoms with Crippen LogP contribution in [0.4, 0.5) is 0 Å². The van der Waals surface area contributed by atoms with Gasteiger partial charge in [-0.15, -0.1) is 0 Å². The first-order valence-electron chi connectivity index (χ1n) is 3.78. The first kappa shape index (κ1) is 7.86. The number of furan rings is 1. The summed E-state index contributed by atoms with van der Waals surface area (Å²) < 4.78 is 9.44. The van der Waals surface area contributed by atoms with Gasteiger partial charge in [-0.2, -0.15) is 0 Å². The summed E-state index contributed by atoms with van der Waals surface area (Å²) in [5.74, 6) is -0.344. The molecule has 0 saturated heterocycles. The molecule has 0 amide bonds. The zero-order valence-corrected chi connectivity index (χ0v) is 7.03. The molecule has 1 radical (unpaired) electrons. The van der Waals surface area contributed by atoms with E-state index in [1.807, 2.05) is 0 Å². The number of methoxy groups -OCH3 is 1. The summed E-state index contributed by atoms with van der Waals surface area (Å²) in [5, 5.41) is 1.70. The number of carbonyl (C=O) groups excluding carboxylic acids is 1. The first-order valence-corrected chi connectivity index (χ1v) is 3.78. The minimum absolute atomic E-state index is 0.344. The lowest BCUT2D eigenvalue weighted by molar-refractivity contribution is 0.0601. The summed E-state index contributed by atoms with van der Waals surface area (Å²) in [6, 6.07) is 5.16. The van der Waals surface area contributed by atoms with Gasteiger partial charge in [-0.1, -0.05) is 0 Å². The van der Waals surface area contributed by atoms with Crippen LogP contribution >= 0.6 is 0 Å². The highest BCUT2D eigenvalue weighted by atomic mass is 16.5. The van der Waals surface area contributed by atoms with Gasteiger partial charge in [0.05, 0.1) is 18.9 Å². The summed E-state index contributed by atoms with van der Waals surface area (Å²) in [6.07, 6.45) is 4.22. The smallest absolute Gasteiger partial charge is 0.337 e. The summed E-state index contributed by atoms with van der Waals surface area (Å²) >= 11 is 0. The van der Waals surface area contributed by atoms with Crippen LogP contribution in [0.3, 0.4) is 0 Å². The van der Waals surface area contributed by atoms with E-state index < -0.39 is 0 Å². The standard InChI is InChI=1S/C10H7O3/c1-12-10(11)7-2-3-8-5-13-6-9(8)4-7/h2-4,6H,1H3. The van der Waals surface area contributed by atoms with Gasteiger partial charge in [0.15, 0.2) is 6.26 Å². The molecule has 65 valence electrons. The van der Waals surface area contributed by atoms with E-state index in [0.717, 1.165) is 10.8 Å². The Bertz CT molecular complexity index is 442. The highest BCUT2D eigenvalue weighted by molar-refractivity contribution is 5.94. The fourth-order valence-electron chi connectivity index (χ4n) is 1.15. The molecule has 13 heavy (non-hydrogen) atoms. The van der Waals surface area contributed by atoms with Crippen LogP contribution in [-0.2, 0) is 4.74 Å². The molecule has 0 atom stereocenters. The first-order chi connectivity index (χ1) is 6.31. The summed E-state index contributed by atoms with van der Waals surface area (Å²) in [4.78, 5) is 11.1. The number of carbonyl (C=O) groups is 1. The molecule has 2 rings (SSSR count). The molecule has 0 unspecified atom stereocenters. The minimum Gasteiger partial charge on any atom is -0.465 e. The summed E-state index contributed by atoms with van der Waals surface area (Å²) in [6.45, 7) is 0. The van der Waals surface area contributed by atoms with Crippen molar-refractivity contribution in [2.75, 3.05) is 7.11 Å². The van der Waals surface area contributed by atoms with E-state index >= 15 is 0 Å². The number of benzene rings is 1. The van der Waals surface area contributed by atoms with Crippen molar-refractivity contribution in [1.82, 2.24) is 0 Å². The molecule has 3 heteroatoms. The SMILES string of the molecule is COC(=O)c1ccc2[c]occ2c1. The normalized spacial score (nSPS) is 10.2. The molecule has 0 spiro atoms. The van der Waals surface area contributed by atoms with Gasteiger partial charge in [-0.3, -0.25) is 0 Å². The van der Waals surface area contributed by atoms with E-state index in [2.05, 4.69) is 11.0 Å². The van der Waals surface area contributed by atoms with Gasteiger partial charge in [0.1, 0.15) is 0 Å². The lowest BCUT2D eigenvalue weighted by atomic mass is 10.1. The Morgan fingerprint density at radius 2 is 2.38 bits per heavy atom. The Hall–Kier alpha value is -1.77. The Labute approximate surface area is 74.9 Å². The van der Waals surface area contributed by atoms with Crippen molar-refractivity contribution in [3.05, 3.63) is 36.3 Å². The zero-order valence-electron chi connectivity index (χ0n) is 7.03. The number of fused-ring (bicyclic) bond motifs is 1. The maximum atomic E-state index is 11.1. The van der Waals surface area contributed by atoms with E-state index in [4.69, 9.17) is 4.42 Å². The third kappa shape index (κ3) is 1.28. The second-order valence-corrected chi connectivity index (χ2v) is 2.63. The van der Waals surface area contributed by atoms with Crippen molar-refractivity contribution in [3.8, 4) is 0 Å². The van der Waals surface area contributed by atoms with Gasteiger partial charge >= 0.3 is 5.97 Å². The van der Waals surface area contributed by atoms with Crippen LogP contribution in [0.5, 0.6) is 0 Å². The van der Waals surface area contributed by atoms with Gasteiger partial charge in [-0.25, -0.2) is 4.79 Å². The van der Waals surface area contributed by atoms with E-state index in [-0.39, 0.29) is 5.97 Å². The van der Waals surface area contributed by atoms with Crippen molar-refractivity contribution in [3.63, 3.8) is 0 Å². The van der Waals surface area contributed by atoms with E-state index in [0.29, 0.717) is 5.56 Å². The van der Waals surface area contributed by atoms with E-state index in [1.165, 1.54) is 7.11 Å². The molecule has 0 saturated carbocycles. The van der Waals surface area contributed by atoms with Gasteiger partial charge < -0.3 is 9.15 Å². The van der Waals surface area contributed by atoms with Crippen LogP contribution in [-0.4, -0.2) is 13.1 Å². The lowest BCUT2D eigenvalue weighted by Gasteiger charge is -1.97. The Morgan fingerprint density at radius 1 is 1.54 bits per heavy atom. The third-order valence-electron chi connectivity index (χ3n) is 1.83. The van der Waals surface area contributed by atoms with E-state index in [1.54, 1.807) is 24.5 Å². The Morgan fingerprint density at radius 3 is 3.15 bits per heavy atom. The van der Waals surface area contributed by atoms with Crippen molar-refractivity contribution >= 4 is 16.7 Å². The van der Waals surface area contributed by atoms with Gasteiger partial charge in [0, 0.05) is 10.8 Å². The van der Waals surface area contributed by atoms with Crippen LogP contribution in [0.2, 0.25) is 0 Å². The van der Waals surface area contributed by atoms with Gasteiger partial charge in [-0.05, 0) is 18.2 Å². The molecule has 0 aliphatic heterocycles.